The fraction of sp³-hybridized carbons (Fsp3) is 0.769. The van der Waals surface area contributed by atoms with Gasteiger partial charge in [0.2, 0.25) is 10.0 Å². The molecule has 1 fully saturated rings. The molecule has 0 aromatic rings. The maximum atomic E-state index is 11.7. The standard InChI is InChI=1S/C13H26N4O2S.HI/c1-4-5-6-9-16(3)13(14-2)15-8-11-17-10-7-12-20(17,18)19;/h4H,1,5-12H2,2-3H3,(H,14,15);1H. The summed E-state index contributed by atoms with van der Waals surface area (Å²) in [7, 11) is 0.711. The predicted molar refractivity (Wildman–Crippen MR) is 98.8 cm³/mol. The first-order valence-electron chi connectivity index (χ1n) is 7.01. The third kappa shape index (κ3) is 6.96. The number of allylic oxidation sites excluding steroid dienone is 1. The summed E-state index contributed by atoms with van der Waals surface area (Å²) in [4.78, 5) is 6.25. The summed E-state index contributed by atoms with van der Waals surface area (Å²) in [6.07, 6.45) is 4.65. The van der Waals surface area contributed by atoms with E-state index >= 15 is 0 Å². The van der Waals surface area contributed by atoms with E-state index in [1.165, 1.54) is 0 Å². The summed E-state index contributed by atoms with van der Waals surface area (Å²) >= 11 is 0. The highest BCUT2D eigenvalue weighted by molar-refractivity contribution is 14.0. The molecule has 0 aromatic carbocycles. The molecule has 0 radical (unpaired) electrons. The first-order chi connectivity index (χ1) is 9.51. The largest absolute Gasteiger partial charge is 0.355 e. The Balaban J connectivity index is 0.00000400. The smallest absolute Gasteiger partial charge is 0.214 e. The van der Waals surface area contributed by atoms with Gasteiger partial charge >= 0.3 is 0 Å². The second-order valence-electron chi connectivity index (χ2n) is 4.90. The lowest BCUT2D eigenvalue weighted by molar-refractivity contribution is 0.432. The highest BCUT2D eigenvalue weighted by Gasteiger charge is 2.27. The summed E-state index contributed by atoms with van der Waals surface area (Å²) in [6.45, 7) is 6.32. The predicted octanol–water partition coefficient (Wildman–Crippen LogP) is 1.11. The zero-order chi connectivity index (χ0) is 15.0. The number of nitrogens with one attached hydrogen (secondary N) is 1. The Morgan fingerprint density at radius 3 is 2.76 bits per heavy atom. The number of nitrogens with zero attached hydrogens (tertiary/aromatic N) is 3. The van der Waals surface area contributed by atoms with E-state index in [0.717, 1.165) is 31.8 Å². The van der Waals surface area contributed by atoms with Crippen LogP contribution in [-0.2, 0) is 10.0 Å². The minimum absolute atomic E-state index is 0. The molecule has 1 saturated heterocycles. The van der Waals surface area contributed by atoms with Gasteiger partial charge in [-0.3, -0.25) is 4.99 Å². The molecule has 1 aliphatic heterocycles. The fourth-order valence-electron chi connectivity index (χ4n) is 2.20. The van der Waals surface area contributed by atoms with Gasteiger partial charge in [-0.25, -0.2) is 12.7 Å². The van der Waals surface area contributed by atoms with E-state index in [-0.39, 0.29) is 29.7 Å². The Kier molecular flexibility index (Phi) is 10.2. The number of sulfonamides is 1. The molecule has 0 aromatic heterocycles. The third-order valence-electron chi connectivity index (χ3n) is 3.32. The molecule has 0 bridgehead atoms. The van der Waals surface area contributed by atoms with Crippen LogP contribution in [0.1, 0.15) is 19.3 Å². The summed E-state index contributed by atoms with van der Waals surface area (Å²) in [5.41, 5.74) is 0. The van der Waals surface area contributed by atoms with Crippen LogP contribution in [0.25, 0.3) is 0 Å². The molecule has 1 N–H and O–H groups in total. The number of hydrogen-bond donors (Lipinski definition) is 1. The van der Waals surface area contributed by atoms with E-state index in [1.807, 2.05) is 18.0 Å². The Bertz CT molecular complexity index is 439. The van der Waals surface area contributed by atoms with Crippen molar-refractivity contribution in [3.05, 3.63) is 12.7 Å². The zero-order valence-electron chi connectivity index (χ0n) is 12.9. The van der Waals surface area contributed by atoms with Crippen molar-refractivity contribution in [2.24, 2.45) is 4.99 Å². The van der Waals surface area contributed by atoms with Crippen molar-refractivity contribution < 1.29 is 8.42 Å². The molecule has 0 unspecified atom stereocenters. The lowest BCUT2D eigenvalue weighted by Gasteiger charge is -2.23. The van der Waals surface area contributed by atoms with Crippen LogP contribution >= 0.6 is 24.0 Å². The van der Waals surface area contributed by atoms with Gasteiger partial charge in [-0.1, -0.05) is 6.08 Å². The van der Waals surface area contributed by atoms with Crippen molar-refractivity contribution in [3.63, 3.8) is 0 Å². The second kappa shape index (κ2) is 10.4. The van der Waals surface area contributed by atoms with E-state index < -0.39 is 10.0 Å². The topological polar surface area (TPSA) is 65.0 Å². The van der Waals surface area contributed by atoms with E-state index in [1.54, 1.807) is 11.4 Å². The van der Waals surface area contributed by atoms with Gasteiger partial charge in [0.1, 0.15) is 0 Å². The van der Waals surface area contributed by atoms with E-state index in [0.29, 0.717) is 19.6 Å². The van der Waals surface area contributed by atoms with Gasteiger partial charge < -0.3 is 10.2 Å². The number of aliphatic imine (C=N–C) groups is 1. The molecular formula is C13H27IN4O2S. The Hall–Kier alpha value is -0.350. The summed E-state index contributed by atoms with van der Waals surface area (Å²) in [5.74, 6) is 1.08. The zero-order valence-corrected chi connectivity index (χ0v) is 16.1. The monoisotopic (exact) mass is 430 g/mol. The third-order valence-corrected chi connectivity index (χ3v) is 5.28. The maximum Gasteiger partial charge on any atom is 0.214 e. The summed E-state index contributed by atoms with van der Waals surface area (Å²) in [6, 6.07) is 0. The number of hydrogen-bond acceptors (Lipinski definition) is 3. The van der Waals surface area contributed by atoms with Crippen molar-refractivity contribution >= 4 is 40.0 Å². The van der Waals surface area contributed by atoms with Gasteiger partial charge in [0.05, 0.1) is 5.75 Å². The van der Waals surface area contributed by atoms with Crippen molar-refractivity contribution in [2.75, 3.05) is 46.0 Å². The van der Waals surface area contributed by atoms with Crippen molar-refractivity contribution in [1.82, 2.24) is 14.5 Å². The molecule has 8 heteroatoms. The molecule has 0 spiro atoms. The molecule has 0 saturated carbocycles. The van der Waals surface area contributed by atoms with Crippen LogP contribution in [0.4, 0.5) is 0 Å². The lowest BCUT2D eigenvalue weighted by atomic mass is 10.3. The van der Waals surface area contributed by atoms with Crippen molar-refractivity contribution in [3.8, 4) is 0 Å². The molecule has 1 heterocycles. The molecule has 21 heavy (non-hydrogen) atoms. The average Bonchev–Trinajstić information content (AvgIpc) is 2.74. The molecular weight excluding hydrogens is 403 g/mol. The van der Waals surface area contributed by atoms with Crippen LogP contribution in [0, 0.1) is 0 Å². The molecule has 124 valence electrons. The van der Waals surface area contributed by atoms with Crippen LogP contribution < -0.4 is 5.32 Å². The highest BCUT2D eigenvalue weighted by Crippen LogP contribution is 2.11. The van der Waals surface area contributed by atoms with Crippen LogP contribution in [0.2, 0.25) is 0 Å². The number of rotatable bonds is 7. The number of guanidine groups is 1. The normalized spacial score (nSPS) is 18.1. The van der Waals surface area contributed by atoms with E-state index in [9.17, 15) is 8.42 Å². The Morgan fingerprint density at radius 2 is 2.24 bits per heavy atom. The van der Waals surface area contributed by atoms with E-state index in [4.69, 9.17) is 0 Å². The van der Waals surface area contributed by atoms with Gasteiger partial charge in [0, 0.05) is 40.3 Å². The van der Waals surface area contributed by atoms with Crippen LogP contribution in [0.15, 0.2) is 17.6 Å². The second-order valence-corrected chi connectivity index (χ2v) is 6.98. The van der Waals surface area contributed by atoms with Gasteiger partial charge in [-0.2, -0.15) is 0 Å². The van der Waals surface area contributed by atoms with Gasteiger partial charge in [-0.15, -0.1) is 30.6 Å². The summed E-state index contributed by atoms with van der Waals surface area (Å²) < 4.78 is 24.9. The molecule has 6 nitrogen and oxygen atoms in total. The van der Waals surface area contributed by atoms with Crippen LogP contribution in [0.5, 0.6) is 0 Å². The SMILES string of the molecule is C=CCCCN(C)C(=NC)NCCN1CCCS1(=O)=O.I. The number of halogens is 1. The quantitative estimate of drug-likeness (QED) is 0.216. The molecule has 0 atom stereocenters. The first-order valence-corrected chi connectivity index (χ1v) is 8.62. The lowest BCUT2D eigenvalue weighted by Crippen LogP contribution is -2.43. The summed E-state index contributed by atoms with van der Waals surface area (Å²) in [5, 5.41) is 3.20. The van der Waals surface area contributed by atoms with Gasteiger partial charge in [0.15, 0.2) is 5.96 Å². The first kappa shape index (κ1) is 20.6. The molecule has 0 amide bonds. The van der Waals surface area contributed by atoms with Crippen LogP contribution in [-0.4, -0.2) is 69.6 Å². The Labute approximate surface area is 145 Å². The van der Waals surface area contributed by atoms with Crippen LogP contribution in [0.3, 0.4) is 0 Å². The minimum Gasteiger partial charge on any atom is -0.355 e. The minimum atomic E-state index is -3.00. The molecule has 1 aliphatic rings. The fourth-order valence-corrected chi connectivity index (χ4v) is 3.73. The van der Waals surface area contributed by atoms with Crippen molar-refractivity contribution in [2.45, 2.75) is 19.3 Å². The highest BCUT2D eigenvalue weighted by atomic mass is 127. The van der Waals surface area contributed by atoms with Gasteiger partial charge in [-0.05, 0) is 19.3 Å². The maximum absolute atomic E-state index is 11.7. The van der Waals surface area contributed by atoms with Gasteiger partial charge in [0.25, 0.3) is 0 Å². The Morgan fingerprint density at radius 1 is 1.52 bits per heavy atom. The van der Waals surface area contributed by atoms with E-state index in [2.05, 4.69) is 16.9 Å². The number of unbranched alkanes of at least 4 members (excludes halogenated alkanes) is 1. The molecule has 0 aliphatic carbocycles. The molecule has 1 rings (SSSR count). The van der Waals surface area contributed by atoms with Crippen molar-refractivity contribution in [1.29, 1.82) is 0 Å². The average molecular weight is 430 g/mol.